The molecule has 2 aromatic carbocycles. The SMILES string of the molecule is CSc1ccc(C(Br)c2cc(C)c(F)cc2F)cc1. The molecule has 0 radical (unpaired) electrons. The van der Waals surface area contributed by atoms with E-state index in [1.807, 2.05) is 30.5 Å². The molecule has 100 valence electrons. The summed E-state index contributed by atoms with van der Waals surface area (Å²) in [5, 5.41) is 0. The van der Waals surface area contributed by atoms with Crippen LogP contribution in [0.2, 0.25) is 0 Å². The Morgan fingerprint density at radius 3 is 2.26 bits per heavy atom. The highest BCUT2D eigenvalue weighted by atomic mass is 79.9. The molecule has 0 aliphatic carbocycles. The van der Waals surface area contributed by atoms with Crippen LogP contribution in [-0.4, -0.2) is 6.26 Å². The number of thioether (sulfide) groups is 1. The van der Waals surface area contributed by atoms with E-state index in [-0.39, 0.29) is 4.83 Å². The van der Waals surface area contributed by atoms with E-state index in [0.717, 1.165) is 16.5 Å². The van der Waals surface area contributed by atoms with Crippen LogP contribution in [0.15, 0.2) is 41.3 Å². The van der Waals surface area contributed by atoms with Gasteiger partial charge in [0.1, 0.15) is 11.6 Å². The fourth-order valence-corrected chi connectivity index (χ4v) is 2.89. The van der Waals surface area contributed by atoms with Crippen molar-refractivity contribution in [1.82, 2.24) is 0 Å². The smallest absolute Gasteiger partial charge is 0.130 e. The van der Waals surface area contributed by atoms with Crippen molar-refractivity contribution in [1.29, 1.82) is 0 Å². The van der Waals surface area contributed by atoms with Gasteiger partial charge in [-0.2, -0.15) is 0 Å². The number of benzene rings is 2. The van der Waals surface area contributed by atoms with Crippen LogP contribution in [-0.2, 0) is 0 Å². The highest BCUT2D eigenvalue weighted by Gasteiger charge is 2.16. The zero-order valence-electron chi connectivity index (χ0n) is 10.6. The Labute approximate surface area is 124 Å². The van der Waals surface area contributed by atoms with Crippen LogP contribution in [0.3, 0.4) is 0 Å². The third-order valence-electron chi connectivity index (χ3n) is 2.96. The molecule has 0 amide bonds. The lowest BCUT2D eigenvalue weighted by Crippen LogP contribution is -1.99. The first-order valence-electron chi connectivity index (χ1n) is 5.76. The molecule has 19 heavy (non-hydrogen) atoms. The maximum Gasteiger partial charge on any atom is 0.130 e. The molecule has 0 aliphatic rings. The highest BCUT2D eigenvalue weighted by molar-refractivity contribution is 9.09. The average Bonchev–Trinajstić information content (AvgIpc) is 2.42. The van der Waals surface area contributed by atoms with Crippen LogP contribution in [0.5, 0.6) is 0 Å². The Morgan fingerprint density at radius 1 is 1.05 bits per heavy atom. The maximum atomic E-state index is 13.8. The van der Waals surface area contributed by atoms with E-state index >= 15 is 0 Å². The zero-order valence-corrected chi connectivity index (χ0v) is 13.0. The molecule has 0 aliphatic heterocycles. The van der Waals surface area contributed by atoms with Crippen LogP contribution in [0, 0.1) is 18.6 Å². The van der Waals surface area contributed by atoms with Gasteiger partial charge in [-0.15, -0.1) is 11.8 Å². The van der Waals surface area contributed by atoms with Gasteiger partial charge in [0.2, 0.25) is 0 Å². The Hall–Kier alpha value is -0.870. The fourth-order valence-electron chi connectivity index (χ4n) is 1.83. The summed E-state index contributed by atoms with van der Waals surface area (Å²) < 4.78 is 27.1. The van der Waals surface area contributed by atoms with Crippen LogP contribution >= 0.6 is 27.7 Å². The van der Waals surface area contributed by atoms with Gasteiger partial charge < -0.3 is 0 Å². The van der Waals surface area contributed by atoms with E-state index in [2.05, 4.69) is 15.9 Å². The zero-order chi connectivity index (χ0) is 14.0. The second-order valence-corrected chi connectivity index (χ2v) is 6.05. The van der Waals surface area contributed by atoms with E-state index in [4.69, 9.17) is 0 Å². The molecule has 1 unspecified atom stereocenters. The van der Waals surface area contributed by atoms with Crippen LogP contribution in [0.1, 0.15) is 21.5 Å². The number of aryl methyl sites for hydroxylation is 1. The van der Waals surface area contributed by atoms with Crippen molar-refractivity contribution in [2.75, 3.05) is 6.26 Å². The van der Waals surface area contributed by atoms with E-state index in [9.17, 15) is 8.78 Å². The van der Waals surface area contributed by atoms with Gasteiger partial charge >= 0.3 is 0 Å². The van der Waals surface area contributed by atoms with Crippen LogP contribution in [0.25, 0.3) is 0 Å². The Balaban J connectivity index is 2.37. The summed E-state index contributed by atoms with van der Waals surface area (Å²) >= 11 is 5.13. The molecule has 0 nitrogen and oxygen atoms in total. The highest BCUT2D eigenvalue weighted by Crippen LogP contribution is 2.34. The fraction of sp³-hybridized carbons (Fsp3) is 0.200. The van der Waals surface area contributed by atoms with Crippen molar-refractivity contribution in [2.45, 2.75) is 16.6 Å². The molecule has 0 saturated carbocycles. The minimum atomic E-state index is -0.529. The van der Waals surface area contributed by atoms with E-state index in [1.54, 1.807) is 24.8 Å². The largest absolute Gasteiger partial charge is 0.207 e. The summed E-state index contributed by atoms with van der Waals surface area (Å²) in [6.07, 6.45) is 2.00. The first-order valence-corrected chi connectivity index (χ1v) is 7.90. The van der Waals surface area contributed by atoms with Crippen molar-refractivity contribution >= 4 is 27.7 Å². The summed E-state index contributed by atoms with van der Waals surface area (Å²) in [6, 6.07) is 10.4. The molecule has 4 heteroatoms. The summed E-state index contributed by atoms with van der Waals surface area (Å²) in [5.41, 5.74) is 1.85. The van der Waals surface area contributed by atoms with Gasteiger partial charge in [-0.1, -0.05) is 28.1 Å². The Morgan fingerprint density at radius 2 is 1.68 bits per heavy atom. The molecule has 0 bridgehead atoms. The molecule has 0 aromatic heterocycles. The third kappa shape index (κ3) is 3.18. The lowest BCUT2D eigenvalue weighted by Gasteiger charge is -2.13. The van der Waals surface area contributed by atoms with Gasteiger partial charge in [-0.25, -0.2) is 8.78 Å². The summed E-state index contributed by atoms with van der Waals surface area (Å²) in [4.78, 5) is 0.877. The van der Waals surface area contributed by atoms with Crippen molar-refractivity contribution in [3.05, 3.63) is 64.7 Å². The number of halogens is 3. The van der Waals surface area contributed by atoms with Gasteiger partial charge in [-0.3, -0.25) is 0 Å². The molecule has 0 fully saturated rings. The second-order valence-electron chi connectivity index (χ2n) is 4.26. The molecule has 0 saturated heterocycles. The molecule has 0 N–H and O–H groups in total. The topological polar surface area (TPSA) is 0 Å². The molecule has 0 spiro atoms. The number of hydrogen-bond acceptors (Lipinski definition) is 1. The second kappa shape index (κ2) is 6.06. The van der Waals surface area contributed by atoms with Gasteiger partial charge in [0, 0.05) is 16.5 Å². The van der Waals surface area contributed by atoms with Gasteiger partial charge in [-0.05, 0) is 42.5 Å². The number of hydrogen-bond donors (Lipinski definition) is 0. The van der Waals surface area contributed by atoms with Crippen molar-refractivity contribution in [3.8, 4) is 0 Å². The van der Waals surface area contributed by atoms with Gasteiger partial charge in [0.25, 0.3) is 0 Å². The molecule has 0 heterocycles. The molecular formula is C15H13BrF2S. The lowest BCUT2D eigenvalue weighted by atomic mass is 10.0. The van der Waals surface area contributed by atoms with Crippen LogP contribution in [0.4, 0.5) is 8.78 Å². The Bertz CT molecular complexity index is 581. The van der Waals surface area contributed by atoms with E-state index in [0.29, 0.717) is 11.1 Å². The minimum absolute atomic E-state index is 0.275. The predicted octanol–water partition coefficient (Wildman–Crippen LogP) is 5.48. The molecule has 2 aromatic rings. The van der Waals surface area contributed by atoms with E-state index in [1.165, 1.54) is 0 Å². The summed E-state index contributed by atoms with van der Waals surface area (Å²) in [6.45, 7) is 1.63. The van der Waals surface area contributed by atoms with E-state index < -0.39 is 11.6 Å². The molecule has 1 atom stereocenters. The minimum Gasteiger partial charge on any atom is -0.207 e. The van der Waals surface area contributed by atoms with Crippen molar-refractivity contribution < 1.29 is 8.78 Å². The predicted molar refractivity (Wildman–Crippen MR) is 80.1 cm³/mol. The van der Waals surface area contributed by atoms with Gasteiger partial charge in [0.15, 0.2) is 0 Å². The quantitative estimate of drug-likeness (QED) is 0.525. The summed E-state index contributed by atoms with van der Waals surface area (Å²) in [7, 11) is 0. The molecular weight excluding hydrogens is 330 g/mol. The standard InChI is InChI=1S/C15H13BrF2S/c1-9-7-12(14(18)8-13(9)17)15(16)10-3-5-11(19-2)6-4-10/h3-8,15H,1-2H3. The number of rotatable bonds is 3. The normalized spacial score (nSPS) is 12.5. The summed E-state index contributed by atoms with van der Waals surface area (Å²) in [5.74, 6) is -1.04. The third-order valence-corrected chi connectivity index (χ3v) is 4.72. The maximum absolute atomic E-state index is 13.8. The number of alkyl halides is 1. The molecule has 2 rings (SSSR count). The average molecular weight is 343 g/mol. The van der Waals surface area contributed by atoms with Gasteiger partial charge in [0.05, 0.1) is 4.83 Å². The van der Waals surface area contributed by atoms with Crippen molar-refractivity contribution in [2.24, 2.45) is 0 Å². The monoisotopic (exact) mass is 342 g/mol. The van der Waals surface area contributed by atoms with Crippen LogP contribution < -0.4 is 0 Å². The first-order chi connectivity index (χ1) is 9.02. The van der Waals surface area contributed by atoms with Crippen molar-refractivity contribution in [3.63, 3.8) is 0 Å². The lowest BCUT2D eigenvalue weighted by molar-refractivity contribution is 0.569. The first kappa shape index (κ1) is 14.5. The Kier molecular flexibility index (Phi) is 4.63.